The van der Waals surface area contributed by atoms with Gasteiger partial charge in [0.2, 0.25) is 11.6 Å². The summed E-state index contributed by atoms with van der Waals surface area (Å²) in [5, 5.41) is 0. The monoisotopic (exact) mass is 253 g/mol. The van der Waals surface area contributed by atoms with Crippen LogP contribution in [-0.2, 0) is 16.6 Å². The van der Waals surface area contributed by atoms with Crippen molar-refractivity contribution >= 4 is 17.9 Å². The number of hydrogen-bond donors (Lipinski definition) is 1. The van der Waals surface area contributed by atoms with Crippen molar-refractivity contribution in [2.24, 2.45) is 12.8 Å². The first-order chi connectivity index (χ1) is 8.54. The van der Waals surface area contributed by atoms with E-state index in [0.717, 1.165) is 0 Å². The molecule has 1 rings (SSSR count). The standard InChI is InChI=1S/C10H13N3O3.C2H6/c1-13-4-8(12-6-13)10(16)9(15)3-2-7(11)5-14;1-2/h4-7H,2-3,11H2,1H3;1-2H3/t7-;/m0./s1. The van der Waals surface area contributed by atoms with E-state index >= 15 is 0 Å². The highest BCUT2D eigenvalue weighted by molar-refractivity contribution is 6.43. The van der Waals surface area contributed by atoms with Crippen LogP contribution in [0.2, 0.25) is 0 Å². The average Bonchev–Trinajstić information content (AvgIpc) is 2.83. The van der Waals surface area contributed by atoms with Gasteiger partial charge in [0.25, 0.3) is 0 Å². The molecular formula is C12H19N3O3. The molecule has 0 spiro atoms. The van der Waals surface area contributed by atoms with Gasteiger partial charge in [0.1, 0.15) is 12.0 Å². The highest BCUT2D eigenvalue weighted by Gasteiger charge is 2.18. The lowest BCUT2D eigenvalue weighted by Gasteiger charge is -2.00. The average molecular weight is 253 g/mol. The fourth-order valence-corrected chi connectivity index (χ4v) is 1.15. The second-order valence-corrected chi connectivity index (χ2v) is 3.52. The number of nitrogens with zero attached hydrogens (tertiary/aromatic N) is 2. The first-order valence-electron chi connectivity index (χ1n) is 5.81. The van der Waals surface area contributed by atoms with Gasteiger partial charge in [0.15, 0.2) is 0 Å². The zero-order valence-corrected chi connectivity index (χ0v) is 10.9. The van der Waals surface area contributed by atoms with E-state index in [1.807, 2.05) is 13.8 Å². The molecule has 1 heterocycles. The lowest BCUT2D eigenvalue weighted by molar-refractivity contribution is -0.115. The number of carbonyl (C=O) groups is 3. The number of ketones is 2. The Kier molecular flexibility index (Phi) is 7.46. The van der Waals surface area contributed by atoms with Crippen LogP contribution < -0.4 is 5.73 Å². The van der Waals surface area contributed by atoms with Crippen molar-refractivity contribution in [1.82, 2.24) is 9.55 Å². The number of hydrogen-bond acceptors (Lipinski definition) is 5. The van der Waals surface area contributed by atoms with Crippen molar-refractivity contribution in [3.63, 3.8) is 0 Å². The normalized spacial score (nSPS) is 11.1. The molecule has 0 aromatic carbocycles. The largest absolute Gasteiger partial charge is 0.340 e. The van der Waals surface area contributed by atoms with Gasteiger partial charge < -0.3 is 15.1 Å². The molecule has 0 aliphatic heterocycles. The minimum atomic E-state index is -0.694. The molecule has 0 radical (unpaired) electrons. The third kappa shape index (κ3) is 5.01. The highest BCUT2D eigenvalue weighted by atomic mass is 16.2. The number of nitrogens with two attached hydrogens (primary N) is 1. The molecule has 0 unspecified atom stereocenters. The summed E-state index contributed by atoms with van der Waals surface area (Å²) in [5.74, 6) is -1.21. The van der Waals surface area contributed by atoms with Gasteiger partial charge in [-0.25, -0.2) is 4.98 Å². The van der Waals surface area contributed by atoms with Crippen molar-refractivity contribution in [2.45, 2.75) is 32.7 Å². The first kappa shape index (κ1) is 16.2. The van der Waals surface area contributed by atoms with Gasteiger partial charge in [0.05, 0.1) is 12.4 Å². The Morgan fingerprint density at radius 2 is 2.11 bits per heavy atom. The summed E-state index contributed by atoms with van der Waals surface area (Å²) in [4.78, 5) is 36.9. The number of carbonyl (C=O) groups excluding carboxylic acids is 3. The summed E-state index contributed by atoms with van der Waals surface area (Å²) >= 11 is 0. The number of aromatic nitrogens is 2. The maximum absolute atomic E-state index is 11.5. The van der Waals surface area contributed by atoms with Crippen molar-refractivity contribution in [1.29, 1.82) is 0 Å². The molecule has 6 nitrogen and oxygen atoms in total. The number of Topliss-reactive ketones (excluding diaryl/α,β-unsaturated/α-hetero) is 2. The lowest BCUT2D eigenvalue weighted by Crippen LogP contribution is -2.24. The van der Waals surface area contributed by atoms with Gasteiger partial charge in [-0.15, -0.1) is 0 Å². The quantitative estimate of drug-likeness (QED) is 0.452. The Hall–Kier alpha value is -1.82. The summed E-state index contributed by atoms with van der Waals surface area (Å²) < 4.78 is 1.58. The van der Waals surface area contributed by atoms with Gasteiger partial charge in [-0.05, 0) is 6.42 Å². The third-order valence-corrected chi connectivity index (χ3v) is 2.07. The first-order valence-corrected chi connectivity index (χ1v) is 5.81. The molecule has 1 aromatic rings. The van der Waals surface area contributed by atoms with Crippen LogP contribution in [0.1, 0.15) is 37.2 Å². The van der Waals surface area contributed by atoms with E-state index in [0.29, 0.717) is 6.29 Å². The molecule has 0 saturated carbocycles. The van der Waals surface area contributed by atoms with Gasteiger partial charge in [-0.3, -0.25) is 9.59 Å². The topological polar surface area (TPSA) is 95.1 Å². The van der Waals surface area contributed by atoms with Crippen LogP contribution in [0.4, 0.5) is 0 Å². The minimum absolute atomic E-state index is 0.0324. The zero-order valence-electron chi connectivity index (χ0n) is 10.9. The second kappa shape index (κ2) is 8.30. The molecule has 0 amide bonds. The molecule has 100 valence electrons. The Labute approximate surface area is 106 Å². The third-order valence-electron chi connectivity index (χ3n) is 2.07. The predicted molar refractivity (Wildman–Crippen MR) is 67.2 cm³/mol. The van der Waals surface area contributed by atoms with Crippen LogP contribution in [-0.4, -0.2) is 33.4 Å². The Morgan fingerprint density at radius 3 is 2.56 bits per heavy atom. The van der Waals surface area contributed by atoms with E-state index in [1.165, 1.54) is 12.5 Å². The molecule has 0 aliphatic carbocycles. The number of rotatable bonds is 6. The van der Waals surface area contributed by atoms with E-state index < -0.39 is 17.6 Å². The molecule has 0 saturated heterocycles. The van der Waals surface area contributed by atoms with Crippen molar-refractivity contribution in [3.8, 4) is 0 Å². The summed E-state index contributed by atoms with van der Waals surface area (Å²) in [6.45, 7) is 4.00. The summed E-state index contributed by atoms with van der Waals surface area (Å²) in [7, 11) is 1.70. The Morgan fingerprint density at radius 1 is 1.50 bits per heavy atom. The molecule has 6 heteroatoms. The molecule has 1 atom stereocenters. The van der Waals surface area contributed by atoms with Crippen LogP contribution >= 0.6 is 0 Å². The molecule has 0 bridgehead atoms. The van der Waals surface area contributed by atoms with Crippen LogP contribution in [0.3, 0.4) is 0 Å². The number of aldehydes is 1. The number of imidazole rings is 1. The van der Waals surface area contributed by atoms with E-state index in [4.69, 9.17) is 5.73 Å². The molecule has 18 heavy (non-hydrogen) atoms. The second-order valence-electron chi connectivity index (χ2n) is 3.52. The van der Waals surface area contributed by atoms with Gasteiger partial charge in [-0.2, -0.15) is 0 Å². The number of aryl methyl sites for hydroxylation is 1. The SMILES string of the molecule is CC.Cn1cnc(C(=O)C(=O)CC[C@H](N)C=O)c1. The maximum atomic E-state index is 11.5. The van der Waals surface area contributed by atoms with E-state index in [1.54, 1.807) is 11.6 Å². The predicted octanol–water partition coefficient (Wildman–Crippen LogP) is 0.505. The summed E-state index contributed by atoms with van der Waals surface area (Å²) in [6, 6.07) is -0.694. The summed E-state index contributed by atoms with van der Waals surface area (Å²) in [6.07, 6.45) is 3.62. The van der Waals surface area contributed by atoms with Crippen LogP contribution in [0.5, 0.6) is 0 Å². The fourth-order valence-electron chi connectivity index (χ4n) is 1.15. The lowest BCUT2D eigenvalue weighted by atomic mass is 10.1. The maximum Gasteiger partial charge on any atom is 0.248 e. The van der Waals surface area contributed by atoms with Gasteiger partial charge in [-0.1, -0.05) is 13.8 Å². The van der Waals surface area contributed by atoms with Crippen LogP contribution in [0.15, 0.2) is 12.5 Å². The zero-order chi connectivity index (χ0) is 14.1. The van der Waals surface area contributed by atoms with E-state index in [9.17, 15) is 14.4 Å². The Bertz CT molecular complexity index is 412. The molecule has 0 aliphatic rings. The van der Waals surface area contributed by atoms with Crippen molar-refractivity contribution < 1.29 is 14.4 Å². The van der Waals surface area contributed by atoms with Crippen LogP contribution in [0, 0.1) is 0 Å². The molecule has 2 N–H and O–H groups in total. The fraction of sp³-hybridized carbons (Fsp3) is 0.500. The minimum Gasteiger partial charge on any atom is -0.340 e. The molecular weight excluding hydrogens is 234 g/mol. The van der Waals surface area contributed by atoms with E-state index in [2.05, 4.69) is 4.98 Å². The molecule has 0 fully saturated rings. The van der Waals surface area contributed by atoms with E-state index in [-0.39, 0.29) is 18.5 Å². The van der Waals surface area contributed by atoms with Crippen molar-refractivity contribution in [2.75, 3.05) is 0 Å². The van der Waals surface area contributed by atoms with Gasteiger partial charge in [0, 0.05) is 19.7 Å². The van der Waals surface area contributed by atoms with Gasteiger partial charge >= 0.3 is 0 Å². The molecule has 1 aromatic heterocycles. The van der Waals surface area contributed by atoms with Crippen molar-refractivity contribution in [3.05, 3.63) is 18.2 Å². The smallest absolute Gasteiger partial charge is 0.248 e. The Balaban J connectivity index is 0.00000137. The van der Waals surface area contributed by atoms with Crippen LogP contribution in [0.25, 0.3) is 0 Å². The summed E-state index contributed by atoms with van der Waals surface area (Å²) in [5.41, 5.74) is 5.43. The highest BCUT2D eigenvalue weighted by Crippen LogP contribution is 2.02.